The summed E-state index contributed by atoms with van der Waals surface area (Å²) >= 11 is 0. The standard InChI is InChI=1S/C9H9O/c1-2-3-8-4-6-9(10)7-5-8/h2,4-6,10H,1,3H2. The number of benzene rings is 1. The summed E-state index contributed by atoms with van der Waals surface area (Å²) in [4.78, 5) is 0. The van der Waals surface area contributed by atoms with Gasteiger partial charge in [-0.3, -0.25) is 0 Å². The fourth-order valence-electron chi connectivity index (χ4n) is 0.742. The zero-order valence-corrected chi connectivity index (χ0v) is 5.67. The van der Waals surface area contributed by atoms with Gasteiger partial charge in [0.2, 0.25) is 0 Å². The van der Waals surface area contributed by atoms with Gasteiger partial charge in [0, 0.05) is 6.07 Å². The van der Waals surface area contributed by atoms with Crippen LogP contribution in [0.25, 0.3) is 0 Å². The molecular weight excluding hydrogens is 124 g/mol. The summed E-state index contributed by atoms with van der Waals surface area (Å²) in [6, 6.07) is 7.93. The van der Waals surface area contributed by atoms with Crippen LogP contribution in [0, 0.1) is 6.07 Å². The van der Waals surface area contributed by atoms with Gasteiger partial charge in [-0.1, -0.05) is 12.1 Å². The van der Waals surface area contributed by atoms with Crippen molar-refractivity contribution in [3.8, 4) is 5.75 Å². The van der Waals surface area contributed by atoms with Gasteiger partial charge in [-0.2, -0.15) is 0 Å². The molecule has 0 aliphatic carbocycles. The second-order valence-electron chi connectivity index (χ2n) is 2.07. The van der Waals surface area contributed by atoms with Crippen molar-refractivity contribution in [3.63, 3.8) is 0 Å². The van der Waals surface area contributed by atoms with E-state index in [0.29, 0.717) is 0 Å². The number of hydrogen-bond acceptors (Lipinski definition) is 1. The molecular formula is C9H9O. The van der Waals surface area contributed by atoms with Crippen LogP contribution in [0.1, 0.15) is 5.56 Å². The molecule has 0 amide bonds. The first-order valence-electron chi connectivity index (χ1n) is 3.13. The molecule has 0 aliphatic heterocycles. The Bertz CT molecular complexity index is 211. The normalized spacial score (nSPS) is 9.20. The Hall–Kier alpha value is -1.24. The minimum Gasteiger partial charge on any atom is -0.507 e. The maximum atomic E-state index is 8.84. The SMILES string of the molecule is C=CCc1c[c]c(O)cc1. The van der Waals surface area contributed by atoms with Crippen LogP contribution in [0.4, 0.5) is 0 Å². The summed E-state index contributed by atoms with van der Waals surface area (Å²) in [6.07, 6.45) is 2.65. The Morgan fingerprint density at radius 1 is 1.60 bits per heavy atom. The molecule has 0 fully saturated rings. The third-order valence-electron chi connectivity index (χ3n) is 1.24. The van der Waals surface area contributed by atoms with Gasteiger partial charge < -0.3 is 5.11 Å². The molecule has 1 N–H and O–H groups in total. The third-order valence-corrected chi connectivity index (χ3v) is 1.24. The number of phenols is 1. The molecule has 0 saturated carbocycles. The van der Waals surface area contributed by atoms with E-state index in [1.807, 2.05) is 12.1 Å². The zero-order chi connectivity index (χ0) is 7.40. The average molecular weight is 133 g/mol. The van der Waals surface area contributed by atoms with E-state index in [1.54, 1.807) is 12.1 Å². The van der Waals surface area contributed by atoms with Crippen molar-refractivity contribution in [1.82, 2.24) is 0 Å². The molecule has 0 saturated heterocycles. The van der Waals surface area contributed by atoms with E-state index in [4.69, 9.17) is 5.11 Å². The molecule has 0 aromatic heterocycles. The predicted octanol–water partition coefficient (Wildman–Crippen LogP) is 1.92. The van der Waals surface area contributed by atoms with E-state index in [-0.39, 0.29) is 5.75 Å². The van der Waals surface area contributed by atoms with E-state index >= 15 is 0 Å². The second-order valence-corrected chi connectivity index (χ2v) is 2.07. The van der Waals surface area contributed by atoms with Crippen LogP contribution in [-0.4, -0.2) is 5.11 Å². The first kappa shape index (κ1) is 6.87. The number of rotatable bonds is 2. The lowest BCUT2D eigenvalue weighted by Gasteiger charge is -1.94. The number of aromatic hydroxyl groups is 1. The fraction of sp³-hybridized carbons (Fsp3) is 0.111. The van der Waals surface area contributed by atoms with E-state index in [0.717, 1.165) is 12.0 Å². The summed E-state index contributed by atoms with van der Waals surface area (Å²) in [5.74, 6) is 0.188. The molecule has 0 atom stereocenters. The summed E-state index contributed by atoms with van der Waals surface area (Å²) in [5, 5.41) is 8.84. The minimum absolute atomic E-state index is 0.188. The predicted molar refractivity (Wildman–Crippen MR) is 40.8 cm³/mol. The molecule has 0 bridgehead atoms. The Morgan fingerprint density at radius 2 is 2.40 bits per heavy atom. The molecule has 1 aromatic carbocycles. The van der Waals surface area contributed by atoms with Crippen LogP contribution < -0.4 is 0 Å². The van der Waals surface area contributed by atoms with Crippen molar-refractivity contribution < 1.29 is 5.11 Å². The molecule has 0 spiro atoms. The van der Waals surface area contributed by atoms with Gasteiger partial charge in [-0.25, -0.2) is 0 Å². The lowest BCUT2D eigenvalue weighted by atomic mass is 10.1. The van der Waals surface area contributed by atoms with E-state index in [2.05, 4.69) is 12.6 Å². The van der Waals surface area contributed by atoms with Crippen LogP contribution in [0.5, 0.6) is 5.75 Å². The lowest BCUT2D eigenvalue weighted by molar-refractivity contribution is 0.474. The van der Waals surface area contributed by atoms with Crippen molar-refractivity contribution >= 4 is 0 Å². The van der Waals surface area contributed by atoms with Gasteiger partial charge in [-0.05, 0) is 24.1 Å². The first-order valence-corrected chi connectivity index (χ1v) is 3.13. The number of hydrogen-bond donors (Lipinski definition) is 1. The summed E-state index contributed by atoms with van der Waals surface area (Å²) in [6.45, 7) is 3.60. The average Bonchev–Trinajstić information content (AvgIpc) is 1.95. The highest BCUT2D eigenvalue weighted by atomic mass is 16.3. The highest BCUT2D eigenvalue weighted by Gasteiger charge is 1.88. The number of allylic oxidation sites excluding steroid dienone is 1. The first-order chi connectivity index (χ1) is 4.83. The van der Waals surface area contributed by atoms with Crippen LogP contribution in [-0.2, 0) is 6.42 Å². The Morgan fingerprint density at radius 3 is 2.90 bits per heavy atom. The molecule has 1 heteroatoms. The molecule has 0 aliphatic rings. The summed E-state index contributed by atoms with van der Waals surface area (Å²) in [7, 11) is 0. The minimum atomic E-state index is 0.188. The Labute approximate surface area is 60.6 Å². The van der Waals surface area contributed by atoms with Crippen LogP contribution in [0.3, 0.4) is 0 Å². The quantitative estimate of drug-likeness (QED) is 0.611. The van der Waals surface area contributed by atoms with Gasteiger partial charge in [-0.15, -0.1) is 6.58 Å². The van der Waals surface area contributed by atoms with Crippen molar-refractivity contribution in [2.24, 2.45) is 0 Å². The molecule has 51 valence electrons. The zero-order valence-electron chi connectivity index (χ0n) is 5.67. The molecule has 0 heterocycles. The van der Waals surface area contributed by atoms with Crippen LogP contribution >= 0.6 is 0 Å². The second kappa shape index (κ2) is 3.06. The smallest absolute Gasteiger partial charge is 0.123 e. The van der Waals surface area contributed by atoms with Crippen LogP contribution in [0.2, 0.25) is 0 Å². The molecule has 10 heavy (non-hydrogen) atoms. The van der Waals surface area contributed by atoms with Gasteiger partial charge in [0.25, 0.3) is 0 Å². The molecule has 1 radical (unpaired) electrons. The Balaban J connectivity index is 2.78. The van der Waals surface area contributed by atoms with Crippen molar-refractivity contribution in [2.75, 3.05) is 0 Å². The number of phenolic OH excluding ortho intramolecular Hbond substituents is 1. The van der Waals surface area contributed by atoms with E-state index in [9.17, 15) is 0 Å². The molecule has 1 nitrogen and oxygen atoms in total. The lowest BCUT2D eigenvalue weighted by Crippen LogP contribution is -1.77. The van der Waals surface area contributed by atoms with Crippen molar-refractivity contribution in [3.05, 3.63) is 42.5 Å². The fourth-order valence-corrected chi connectivity index (χ4v) is 0.742. The maximum Gasteiger partial charge on any atom is 0.123 e. The van der Waals surface area contributed by atoms with Gasteiger partial charge >= 0.3 is 0 Å². The topological polar surface area (TPSA) is 20.2 Å². The van der Waals surface area contributed by atoms with Crippen molar-refractivity contribution in [1.29, 1.82) is 0 Å². The van der Waals surface area contributed by atoms with Crippen LogP contribution in [0.15, 0.2) is 30.9 Å². The highest BCUT2D eigenvalue weighted by Crippen LogP contribution is 2.08. The maximum absolute atomic E-state index is 8.84. The monoisotopic (exact) mass is 133 g/mol. The van der Waals surface area contributed by atoms with Gasteiger partial charge in [0.15, 0.2) is 0 Å². The largest absolute Gasteiger partial charge is 0.507 e. The molecule has 1 rings (SSSR count). The highest BCUT2D eigenvalue weighted by molar-refractivity contribution is 5.25. The Kier molecular flexibility index (Phi) is 2.11. The molecule has 0 unspecified atom stereocenters. The summed E-state index contributed by atoms with van der Waals surface area (Å²) in [5.41, 5.74) is 1.12. The van der Waals surface area contributed by atoms with E-state index < -0.39 is 0 Å². The summed E-state index contributed by atoms with van der Waals surface area (Å²) < 4.78 is 0. The third kappa shape index (κ3) is 1.62. The van der Waals surface area contributed by atoms with Gasteiger partial charge in [0.05, 0.1) is 0 Å². The van der Waals surface area contributed by atoms with E-state index in [1.165, 1.54) is 0 Å². The van der Waals surface area contributed by atoms with Crippen molar-refractivity contribution in [2.45, 2.75) is 6.42 Å². The molecule has 1 aromatic rings. The van der Waals surface area contributed by atoms with Gasteiger partial charge in [0.1, 0.15) is 5.75 Å².